The van der Waals surface area contributed by atoms with E-state index in [1.54, 1.807) is 0 Å². The van der Waals surface area contributed by atoms with E-state index in [0.29, 0.717) is 0 Å². The van der Waals surface area contributed by atoms with Gasteiger partial charge in [0.05, 0.1) is 0 Å². The summed E-state index contributed by atoms with van der Waals surface area (Å²) < 4.78 is 0. The van der Waals surface area contributed by atoms with E-state index in [1.165, 1.54) is 16.7 Å². The van der Waals surface area contributed by atoms with Crippen LogP contribution in [-0.4, -0.2) is 9.97 Å². The van der Waals surface area contributed by atoms with Crippen LogP contribution < -0.4 is 5.32 Å². The van der Waals surface area contributed by atoms with Crippen LogP contribution >= 0.6 is 0 Å². The van der Waals surface area contributed by atoms with Gasteiger partial charge in [-0.05, 0) is 63.4 Å². The molecule has 1 unspecified atom stereocenters. The molecule has 0 fully saturated rings. The Kier molecular flexibility index (Phi) is 4.50. The summed E-state index contributed by atoms with van der Waals surface area (Å²) in [5.41, 5.74) is 7.06. The van der Waals surface area contributed by atoms with Gasteiger partial charge in [-0.1, -0.05) is 6.07 Å². The number of nitrogens with zero attached hydrogens (tertiary/aromatic N) is 2. The van der Waals surface area contributed by atoms with Gasteiger partial charge in [-0.2, -0.15) is 0 Å². The Labute approximate surface area is 121 Å². The number of aromatic nitrogens is 2. The van der Waals surface area contributed by atoms with Gasteiger partial charge in [0, 0.05) is 35.9 Å². The van der Waals surface area contributed by atoms with Crippen molar-refractivity contribution in [3.05, 3.63) is 58.2 Å². The van der Waals surface area contributed by atoms with E-state index in [9.17, 15) is 0 Å². The topological polar surface area (TPSA) is 37.8 Å². The summed E-state index contributed by atoms with van der Waals surface area (Å²) in [5.74, 6) is 0. The highest BCUT2D eigenvalue weighted by molar-refractivity contribution is 5.33. The van der Waals surface area contributed by atoms with Crippen LogP contribution in [0.4, 0.5) is 0 Å². The molecule has 1 N–H and O–H groups in total. The SMILES string of the molecule is Cc1ccc(CNC(C)c2c(C)cc(C)nc2C)cn1. The van der Waals surface area contributed by atoms with Crippen molar-refractivity contribution in [3.63, 3.8) is 0 Å². The third kappa shape index (κ3) is 3.42. The van der Waals surface area contributed by atoms with Gasteiger partial charge >= 0.3 is 0 Å². The van der Waals surface area contributed by atoms with Crippen LogP contribution in [0.25, 0.3) is 0 Å². The minimum atomic E-state index is 0.282. The van der Waals surface area contributed by atoms with E-state index in [-0.39, 0.29) is 6.04 Å². The average Bonchev–Trinajstić information content (AvgIpc) is 2.37. The van der Waals surface area contributed by atoms with Crippen LogP contribution in [0.3, 0.4) is 0 Å². The molecule has 0 aliphatic heterocycles. The molecule has 0 aliphatic carbocycles. The normalized spacial score (nSPS) is 12.4. The minimum Gasteiger partial charge on any atom is -0.306 e. The summed E-state index contributed by atoms with van der Waals surface area (Å²) in [5, 5.41) is 3.56. The average molecular weight is 269 g/mol. The van der Waals surface area contributed by atoms with E-state index in [2.05, 4.69) is 48.2 Å². The van der Waals surface area contributed by atoms with Crippen molar-refractivity contribution < 1.29 is 0 Å². The monoisotopic (exact) mass is 269 g/mol. The third-order valence-electron chi connectivity index (χ3n) is 3.60. The molecule has 0 aliphatic rings. The van der Waals surface area contributed by atoms with E-state index >= 15 is 0 Å². The first kappa shape index (κ1) is 14.7. The molecule has 3 nitrogen and oxygen atoms in total. The third-order valence-corrected chi connectivity index (χ3v) is 3.60. The lowest BCUT2D eigenvalue weighted by atomic mass is 10.0. The molecular weight excluding hydrogens is 246 g/mol. The number of rotatable bonds is 4. The fraction of sp³-hybridized carbons (Fsp3) is 0.412. The minimum absolute atomic E-state index is 0.282. The van der Waals surface area contributed by atoms with Gasteiger partial charge in [0.2, 0.25) is 0 Å². The first-order valence-electron chi connectivity index (χ1n) is 7.07. The Hall–Kier alpha value is -1.74. The molecule has 0 saturated carbocycles. The molecule has 0 spiro atoms. The summed E-state index contributed by atoms with van der Waals surface area (Å²) in [6.07, 6.45) is 1.93. The predicted octanol–water partition coefficient (Wildman–Crippen LogP) is 3.56. The zero-order chi connectivity index (χ0) is 14.7. The summed E-state index contributed by atoms with van der Waals surface area (Å²) in [4.78, 5) is 8.89. The van der Waals surface area contributed by atoms with Crippen LogP contribution in [0.2, 0.25) is 0 Å². The summed E-state index contributed by atoms with van der Waals surface area (Å²) in [6, 6.07) is 6.60. The first-order chi connectivity index (χ1) is 9.47. The number of hydrogen-bond acceptors (Lipinski definition) is 3. The van der Waals surface area contributed by atoms with Gasteiger partial charge in [-0.15, -0.1) is 0 Å². The van der Waals surface area contributed by atoms with Crippen molar-refractivity contribution in [2.45, 2.75) is 47.2 Å². The Balaban J connectivity index is 2.09. The van der Waals surface area contributed by atoms with E-state index in [1.807, 2.05) is 26.1 Å². The molecule has 20 heavy (non-hydrogen) atoms. The molecule has 2 rings (SSSR count). The van der Waals surface area contributed by atoms with Crippen molar-refractivity contribution in [2.24, 2.45) is 0 Å². The van der Waals surface area contributed by atoms with E-state index in [4.69, 9.17) is 0 Å². The fourth-order valence-electron chi connectivity index (χ4n) is 2.66. The van der Waals surface area contributed by atoms with Crippen molar-refractivity contribution in [2.75, 3.05) is 0 Å². The number of pyridine rings is 2. The predicted molar refractivity (Wildman–Crippen MR) is 82.7 cm³/mol. The van der Waals surface area contributed by atoms with Gasteiger partial charge in [0.15, 0.2) is 0 Å². The Morgan fingerprint density at radius 3 is 2.45 bits per heavy atom. The molecule has 0 bridgehead atoms. The van der Waals surface area contributed by atoms with Crippen LogP contribution in [0.1, 0.15) is 46.7 Å². The van der Waals surface area contributed by atoms with Gasteiger partial charge in [0.1, 0.15) is 0 Å². The van der Waals surface area contributed by atoms with Gasteiger partial charge in [-0.25, -0.2) is 0 Å². The lowest BCUT2D eigenvalue weighted by Gasteiger charge is -2.19. The maximum Gasteiger partial charge on any atom is 0.0426 e. The molecule has 2 aromatic rings. The molecule has 0 radical (unpaired) electrons. The highest BCUT2D eigenvalue weighted by atomic mass is 14.9. The summed E-state index contributed by atoms with van der Waals surface area (Å²) in [6.45, 7) is 11.3. The van der Waals surface area contributed by atoms with Gasteiger partial charge in [0.25, 0.3) is 0 Å². The zero-order valence-corrected chi connectivity index (χ0v) is 13.0. The van der Waals surface area contributed by atoms with E-state index in [0.717, 1.165) is 23.6 Å². The molecule has 0 saturated heterocycles. The van der Waals surface area contributed by atoms with Crippen LogP contribution in [0.5, 0.6) is 0 Å². The quantitative estimate of drug-likeness (QED) is 0.922. The van der Waals surface area contributed by atoms with E-state index < -0.39 is 0 Å². The maximum atomic E-state index is 4.57. The Morgan fingerprint density at radius 2 is 1.85 bits per heavy atom. The second-order valence-electron chi connectivity index (χ2n) is 5.49. The van der Waals surface area contributed by atoms with Crippen LogP contribution in [-0.2, 0) is 6.54 Å². The van der Waals surface area contributed by atoms with Gasteiger partial charge in [-0.3, -0.25) is 9.97 Å². The molecule has 106 valence electrons. The first-order valence-corrected chi connectivity index (χ1v) is 7.07. The largest absolute Gasteiger partial charge is 0.306 e. The lowest BCUT2D eigenvalue weighted by Crippen LogP contribution is -2.20. The smallest absolute Gasteiger partial charge is 0.0426 e. The van der Waals surface area contributed by atoms with Crippen molar-refractivity contribution in [1.82, 2.24) is 15.3 Å². The number of hydrogen-bond donors (Lipinski definition) is 1. The summed E-state index contributed by atoms with van der Waals surface area (Å²) in [7, 11) is 0. The molecule has 0 aromatic carbocycles. The van der Waals surface area contributed by atoms with Gasteiger partial charge < -0.3 is 5.32 Å². The van der Waals surface area contributed by atoms with Crippen molar-refractivity contribution in [3.8, 4) is 0 Å². The standard InChI is InChI=1S/C17H23N3/c1-11-8-13(3)20-15(5)17(11)14(4)19-10-16-7-6-12(2)18-9-16/h6-9,14,19H,10H2,1-5H3. The zero-order valence-electron chi connectivity index (χ0n) is 13.0. The molecule has 3 heteroatoms. The highest BCUT2D eigenvalue weighted by Gasteiger charge is 2.12. The van der Waals surface area contributed by atoms with Crippen molar-refractivity contribution >= 4 is 0 Å². The molecule has 1 atom stereocenters. The molecule has 0 amide bonds. The number of nitrogens with one attached hydrogen (secondary N) is 1. The highest BCUT2D eigenvalue weighted by Crippen LogP contribution is 2.21. The second kappa shape index (κ2) is 6.14. The molecule has 2 aromatic heterocycles. The lowest BCUT2D eigenvalue weighted by molar-refractivity contribution is 0.566. The number of aryl methyl sites for hydroxylation is 4. The Bertz CT molecular complexity index is 565. The molecular formula is C17H23N3. The fourth-order valence-corrected chi connectivity index (χ4v) is 2.66. The van der Waals surface area contributed by atoms with Crippen LogP contribution in [0, 0.1) is 27.7 Å². The van der Waals surface area contributed by atoms with Crippen molar-refractivity contribution in [1.29, 1.82) is 0 Å². The second-order valence-corrected chi connectivity index (χ2v) is 5.49. The maximum absolute atomic E-state index is 4.57. The molecule has 2 heterocycles. The Morgan fingerprint density at radius 1 is 1.10 bits per heavy atom. The summed E-state index contributed by atoms with van der Waals surface area (Å²) >= 11 is 0. The van der Waals surface area contributed by atoms with Crippen LogP contribution in [0.15, 0.2) is 24.4 Å².